The van der Waals surface area contributed by atoms with Crippen molar-refractivity contribution in [2.75, 3.05) is 19.7 Å². The zero-order chi connectivity index (χ0) is 13.7. The molecule has 19 heavy (non-hydrogen) atoms. The quantitative estimate of drug-likeness (QED) is 0.795. The maximum atomic E-state index is 11.9. The number of nitrogens with one attached hydrogen (secondary N) is 1. The van der Waals surface area contributed by atoms with Gasteiger partial charge in [-0.05, 0) is 65.5 Å². The summed E-state index contributed by atoms with van der Waals surface area (Å²) in [5.74, 6) is -0.0321. The van der Waals surface area contributed by atoms with Crippen LogP contribution in [0.5, 0.6) is 0 Å². The molecule has 0 aromatic heterocycles. The molecule has 0 spiro atoms. The van der Waals surface area contributed by atoms with Crippen LogP contribution >= 0.6 is 0 Å². The predicted molar refractivity (Wildman–Crippen MR) is 74.0 cm³/mol. The van der Waals surface area contributed by atoms with E-state index in [-0.39, 0.29) is 11.4 Å². The van der Waals surface area contributed by atoms with Gasteiger partial charge < -0.3 is 14.8 Å². The number of ether oxygens (including phenoxy) is 2. The van der Waals surface area contributed by atoms with Crippen LogP contribution in [0.15, 0.2) is 0 Å². The highest BCUT2D eigenvalue weighted by molar-refractivity contribution is 5.76. The summed E-state index contributed by atoms with van der Waals surface area (Å²) in [5, 5.41) is 3.35. The van der Waals surface area contributed by atoms with E-state index in [9.17, 15) is 4.79 Å². The van der Waals surface area contributed by atoms with Gasteiger partial charge in [-0.1, -0.05) is 0 Å². The summed E-state index contributed by atoms with van der Waals surface area (Å²) < 4.78 is 11.4. The zero-order valence-corrected chi connectivity index (χ0v) is 12.2. The zero-order valence-electron chi connectivity index (χ0n) is 12.2. The first-order valence-corrected chi connectivity index (χ1v) is 7.67. The van der Waals surface area contributed by atoms with Crippen LogP contribution in [0.2, 0.25) is 0 Å². The van der Waals surface area contributed by atoms with Crippen molar-refractivity contribution >= 4 is 5.97 Å². The molecule has 0 amide bonds. The second-order valence-electron chi connectivity index (χ2n) is 6.07. The number of rotatable bonds is 4. The number of carbonyl (C=O) groups is 1. The molecule has 0 aromatic carbocycles. The first-order chi connectivity index (χ1) is 9.14. The molecule has 4 heteroatoms. The highest BCUT2D eigenvalue weighted by atomic mass is 16.5. The minimum absolute atomic E-state index is 0.0321. The van der Waals surface area contributed by atoms with Gasteiger partial charge in [-0.3, -0.25) is 4.79 Å². The van der Waals surface area contributed by atoms with Crippen LogP contribution in [-0.4, -0.2) is 37.9 Å². The standard InChI is InChI=1S/C15H27NO3/c1-3-18-14(17)15(2)8-4-12(5-9-15)19-13-6-10-16-11-7-13/h12-13,16H,3-11H2,1-2H3/t12-,15-. The van der Waals surface area contributed by atoms with E-state index in [4.69, 9.17) is 9.47 Å². The van der Waals surface area contributed by atoms with Gasteiger partial charge in [0.25, 0.3) is 0 Å². The molecule has 1 aliphatic carbocycles. The van der Waals surface area contributed by atoms with Crippen molar-refractivity contribution in [1.29, 1.82) is 0 Å². The fraction of sp³-hybridized carbons (Fsp3) is 0.933. The van der Waals surface area contributed by atoms with Crippen LogP contribution in [0.25, 0.3) is 0 Å². The van der Waals surface area contributed by atoms with E-state index < -0.39 is 0 Å². The summed E-state index contributed by atoms with van der Waals surface area (Å²) in [6, 6.07) is 0. The van der Waals surface area contributed by atoms with E-state index in [1.54, 1.807) is 0 Å². The van der Waals surface area contributed by atoms with Gasteiger partial charge in [0.1, 0.15) is 0 Å². The van der Waals surface area contributed by atoms with E-state index in [0.717, 1.165) is 51.6 Å². The molecule has 2 aliphatic rings. The summed E-state index contributed by atoms with van der Waals surface area (Å²) in [7, 11) is 0. The topological polar surface area (TPSA) is 47.6 Å². The molecular weight excluding hydrogens is 242 g/mol. The smallest absolute Gasteiger partial charge is 0.311 e. The van der Waals surface area contributed by atoms with E-state index in [1.807, 2.05) is 13.8 Å². The molecule has 1 saturated carbocycles. The fourth-order valence-electron chi connectivity index (χ4n) is 3.08. The van der Waals surface area contributed by atoms with Gasteiger partial charge in [0.15, 0.2) is 0 Å². The third-order valence-corrected chi connectivity index (χ3v) is 4.48. The van der Waals surface area contributed by atoms with Crippen molar-refractivity contribution in [3.63, 3.8) is 0 Å². The van der Waals surface area contributed by atoms with E-state index in [0.29, 0.717) is 18.8 Å². The first kappa shape index (κ1) is 14.8. The second-order valence-corrected chi connectivity index (χ2v) is 6.07. The Bertz CT molecular complexity index is 292. The van der Waals surface area contributed by atoms with Gasteiger partial charge in [0, 0.05) is 0 Å². The van der Waals surface area contributed by atoms with Gasteiger partial charge in [-0.2, -0.15) is 0 Å². The van der Waals surface area contributed by atoms with Gasteiger partial charge in [0.05, 0.1) is 24.2 Å². The van der Waals surface area contributed by atoms with E-state index in [2.05, 4.69) is 5.32 Å². The third kappa shape index (κ3) is 3.93. The Balaban J connectivity index is 1.76. The van der Waals surface area contributed by atoms with Crippen LogP contribution < -0.4 is 5.32 Å². The van der Waals surface area contributed by atoms with Crippen LogP contribution in [0.3, 0.4) is 0 Å². The van der Waals surface area contributed by atoms with Crippen LogP contribution in [0.4, 0.5) is 0 Å². The van der Waals surface area contributed by atoms with Crippen molar-refractivity contribution in [3.05, 3.63) is 0 Å². The maximum absolute atomic E-state index is 11.9. The lowest BCUT2D eigenvalue weighted by Gasteiger charge is -2.37. The van der Waals surface area contributed by atoms with Crippen LogP contribution in [0, 0.1) is 5.41 Å². The Morgan fingerprint density at radius 3 is 2.32 bits per heavy atom. The second kappa shape index (κ2) is 6.71. The molecular formula is C15H27NO3. The normalized spacial score (nSPS) is 33.1. The number of carbonyl (C=O) groups excluding carboxylic acids is 1. The summed E-state index contributed by atoms with van der Waals surface area (Å²) in [6.07, 6.45) is 6.74. The predicted octanol–water partition coefficient (Wildman–Crippen LogP) is 2.27. The van der Waals surface area contributed by atoms with Crippen molar-refractivity contribution in [2.24, 2.45) is 5.41 Å². The minimum Gasteiger partial charge on any atom is -0.466 e. The SMILES string of the molecule is CCOC(=O)[C@]1(C)CC[C@@H](OC2CCNCC2)CC1. The number of piperidine rings is 1. The molecule has 1 aliphatic heterocycles. The molecule has 0 aromatic rings. The lowest BCUT2D eigenvalue weighted by atomic mass is 9.74. The van der Waals surface area contributed by atoms with Crippen molar-refractivity contribution < 1.29 is 14.3 Å². The van der Waals surface area contributed by atoms with Crippen LogP contribution in [0.1, 0.15) is 52.4 Å². The highest BCUT2D eigenvalue weighted by Crippen LogP contribution is 2.38. The Kier molecular flexibility index (Phi) is 5.22. The molecule has 1 saturated heterocycles. The van der Waals surface area contributed by atoms with Gasteiger partial charge in [0.2, 0.25) is 0 Å². The van der Waals surface area contributed by atoms with Crippen molar-refractivity contribution in [2.45, 2.75) is 64.6 Å². The largest absolute Gasteiger partial charge is 0.466 e. The molecule has 1 N–H and O–H groups in total. The van der Waals surface area contributed by atoms with Gasteiger partial charge >= 0.3 is 5.97 Å². The summed E-state index contributed by atoms with van der Waals surface area (Å²) in [6.45, 7) is 6.51. The molecule has 2 rings (SSSR count). The minimum atomic E-state index is -0.288. The first-order valence-electron chi connectivity index (χ1n) is 7.67. The monoisotopic (exact) mass is 269 g/mol. The number of hydrogen-bond acceptors (Lipinski definition) is 4. The number of esters is 1. The highest BCUT2D eigenvalue weighted by Gasteiger charge is 2.39. The van der Waals surface area contributed by atoms with E-state index in [1.165, 1.54) is 0 Å². The number of hydrogen-bond donors (Lipinski definition) is 1. The molecule has 0 radical (unpaired) electrons. The summed E-state index contributed by atoms with van der Waals surface area (Å²) in [4.78, 5) is 11.9. The fourth-order valence-corrected chi connectivity index (χ4v) is 3.08. The summed E-state index contributed by atoms with van der Waals surface area (Å²) in [5.41, 5.74) is -0.288. The Morgan fingerprint density at radius 2 is 1.74 bits per heavy atom. The lowest BCUT2D eigenvalue weighted by molar-refractivity contribution is -0.159. The molecule has 2 fully saturated rings. The maximum Gasteiger partial charge on any atom is 0.311 e. The Hall–Kier alpha value is -0.610. The third-order valence-electron chi connectivity index (χ3n) is 4.48. The molecule has 1 heterocycles. The molecule has 110 valence electrons. The van der Waals surface area contributed by atoms with Gasteiger partial charge in [-0.25, -0.2) is 0 Å². The van der Waals surface area contributed by atoms with Crippen molar-refractivity contribution in [1.82, 2.24) is 5.32 Å². The average Bonchev–Trinajstić information content (AvgIpc) is 2.43. The molecule has 0 bridgehead atoms. The molecule has 4 nitrogen and oxygen atoms in total. The van der Waals surface area contributed by atoms with E-state index >= 15 is 0 Å². The average molecular weight is 269 g/mol. The Morgan fingerprint density at radius 1 is 1.16 bits per heavy atom. The lowest BCUT2D eigenvalue weighted by Crippen LogP contribution is -2.39. The van der Waals surface area contributed by atoms with Crippen LogP contribution in [-0.2, 0) is 14.3 Å². The Labute approximate surface area is 116 Å². The molecule has 0 atom stereocenters. The van der Waals surface area contributed by atoms with Crippen molar-refractivity contribution in [3.8, 4) is 0 Å². The summed E-state index contributed by atoms with van der Waals surface area (Å²) >= 11 is 0. The van der Waals surface area contributed by atoms with Gasteiger partial charge in [-0.15, -0.1) is 0 Å². The molecule has 0 unspecified atom stereocenters.